The molecule has 0 N–H and O–H groups in total. The van der Waals surface area contributed by atoms with Gasteiger partial charge in [0, 0.05) is 12.3 Å². The highest BCUT2D eigenvalue weighted by Crippen LogP contribution is 2.35. The van der Waals surface area contributed by atoms with Crippen molar-refractivity contribution < 1.29 is 27.1 Å². The Morgan fingerprint density at radius 2 is 1.95 bits per heavy atom. The van der Waals surface area contributed by atoms with Crippen molar-refractivity contribution in [3.05, 3.63) is 11.8 Å². The van der Waals surface area contributed by atoms with Gasteiger partial charge in [0.05, 0.1) is 19.4 Å². The number of esters is 1. The first-order valence-corrected chi connectivity index (χ1v) is 6.86. The molecule has 0 saturated heterocycles. The Labute approximate surface area is 119 Å². The Bertz CT molecular complexity index is 479. The van der Waals surface area contributed by atoms with Crippen molar-refractivity contribution in [3.63, 3.8) is 0 Å². The van der Waals surface area contributed by atoms with Crippen LogP contribution in [0.25, 0.3) is 0 Å². The van der Waals surface area contributed by atoms with E-state index in [1.807, 2.05) is 0 Å². The number of nitrogens with zero attached hydrogens (tertiary/aromatic N) is 2. The van der Waals surface area contributed by atoms with Gasteiger partial charge in [-0.3, -0.25) is 4.79 Å². The molecule has 0 spiro atoms. The van der Waals surface area contributed by atoms with Gasteiger partial charge in [-0.2, -0.15) is 13.2 Å². The zero-order valence-electron chi connectivity index (χ0n) is 11.7. The molecular formula is C13H17F3N2O3. The van der Waals surface area contributed by atoms with Crippen LogP contribution in [0.4, 0.5) is 13.2 Å². The number of ether oxygens (including phenoxy) is 1. The summed E-state index contributed by atoms with van der Waals surface area (Å²) in [6, 6.07) is 0. The number of alkyl halides is 3. The number of aromatic nitrogens is 2. The molecule has 0 aromatic carbocycles. The lowest BCUT2D eigenvalue weighted by atomic mass is 9.82. The maximum absolute atomic E-state index is 12.1. The standard InChI is InChI=1S/C13H17F3N2O3/c1-20-12(19)9-4-2-8(3-5-9)11-18-17-10(21-11)6-7-13(14,15)16/h8-9H,2-7H2,1H3/t8-,9-. The second-order valence-corrected chi connectivity index (χ2v) is 5.22. The van der Waals surface area contributed by atoms with Gasteiger partial charge in [-0.1, -0.05) is 0 Å². The van der Waals surface area contributed by atoms with E-state index >= 15 is 0 Å². The average molecular weight is 306 g/mol. The summed E-state index contributed by atoms with van der Waals surface area (Å²) in [5.74, 6) is 0.0645. The van der Waals surface area contributed by atoms with E-state index in [0.29, 0.717) is 31.6 Å². The summed E-state index contributed by atoms with van der Waals surface area (Å²) in [6.45, 7) is 0. The van der Waals surface area contributed by atoms with Gasteiger partial charge in [-0.25, -0.2) is 0 Å². The third-order valence-corrected chi connectivity index (χ3v) is 3.72. The van der Waals surface area contributed by atoms with Crippen molar-refractivity contribution in [1.29, 1.82) is 0 Å². The minimum Gasteiger partial charge on any atom is -0.469 e. The fourth-order valence-electron chi connectivity index (χ4n) is 2.52. The lowest BCUT2D eigenvalue weighted by Crippen LogP contribution is -2.22. The molecule has 1 aromatic rings. The fourth-order valence-corrected chi connectivity index (χ4v) is 2.52. The van der Waals surface area contributed by atoms with Crippen molar-refractivity contribution >= 4 is 5.97 Å². The third-order valence-electron chi connectivity index (χ3n) is 3.72. The molecule has 0 atom stereocenters. The number of carbonyl (C=O) groups is 1. The second kappa shape index (κ2) is 6.44. The van der Waals surface area contributed by atoms with Crippen LogP contribution < -0.4 is 0 Å². The van der Waals surface area contributed by atoms with Gasteiger partial charge < -0.3 is 9.15 Å². The van der Waals surface area contributed by atoms with Crippen molar-refractivity contribution in [1.82, 2.24) is 10.2 Å². The third kappa shape index (κ3) is 4.44. The molecule has 1 fully saturated rings. The Kier molecular flexibility index (Phi) is 4.84. The molecule has 1 saturated carbocycles. The van der Waals surface area contributed by atoms with E-state index in [0.717, 1.165) is 0 Å². The molecule has 118 valence electrons. The van der Waals surface area contributed by atoms with Crippen molar-refractivity contribution in [2.45, 2.75) is 50.6 Å². The van der Waals surface area contributed by atoms with Gasteiger partial charge in [0.25, 0.3) is 0 Å². The Hall–Kier alpha value is -1.60. The first-order valence-electron chi connectivity index (χ1n) is 6.86. The lowest BCUT2D eigenvalue weighted by molar-refractivity contribution is -0.146. The normalized spacial score (nSPS) is 23.0. The van der Waals surface area contributed by atoms with Crippen molar-refractivity contribution in [2.24, 2.45) is 5.92 Å². The summed E-state index contributed by atoms with van der Waals surface area (Å²) in [5.41, 5.74) is 0. The molecule has 0 unspecified atom stereocenters. The second-order valence-electron chi connectivity index (χ2n) is 5.22. The quantitative estimate of drug-likeness (QED) is 0.800. The Morgan fingerprint density at radius 1 is 1.29 bits per heavy atom. The highest BCUT2D eigenvalue weighted by molar-refractivity contribution is 5.72. The largest absolute Gasteiger partial charge is 0.469 e. The maximum atomic E-state index is 12.1. The smallest absolute Gasteiger partial charge is 0.389 e. The molecule has 0 aliphatic heterocycles. The molecule has 1 aromatic heterocycles. The molecule has 0 amide bonds. The van der Waals surface area contributed by atoms with Crippen LogP contribution in [-0.4, -0.2) is 29.5 Å². The summed E-state index contributed by atoms with van der Waals surface area (Å²) in [4.78, 5) is 11.4. The fraction of sp³-hybridized carbons (Fsp3) is 0.769. The molecule has 2 rings (SSSR count). The number of carbonyl (C=O) groups excluding carboxylic acids is 1. The van der Waals surface area contributed by atoms with Crippen LogP contribution in [0.5, 0.6) is 0 Å². The molecule has 1 aliphatic rings. The first-order chi connectivity index (χ1) is 9.89. The van der Waals surface area contributed by atoms with E-state index in [1.54, 1.807) is 0 Å². The maximum Gasteiger partial charge on any atom is 0.389 e. The van der Waals surface area contributed by atoms with Gasteiger partial charge in [-0.05, 0) is 25.7 Å². The summed E-state index contributed by atoms with van der Waals surface area (Å²) < 4.78 is 46.4. The molecule has 1 aliphatic carbocycles. The predicted molar refractivity (Wildman–Crippen MR) is 65.4 cm³/mol. The molecule has 0 bridgehead atoms. The van der Waals surface area contributed by atoms with Crippen LogP contribution in [0.2, 0.25) is 0 Å². The summed E-state index contributed by atoms with van der Waals surface area (Å²) in [6.07, 6.45) is -2.78. The summed E-state index contributed by atoms with van der Waals surface area (Å²) in [7, 11) is 1.36. The highest BCUT2D eigenvalue weighted by atomic mass is 19.4. The minimum absolute atomic E-state index is 0.0115. The molecule has 21 heavy (non-hydrogen) atoms. The van der Waals surface area contributed by atoms with E-state index in [1.165, 1.54) is 7.11 Å². The number of rotatable bonds is 4. The van der Waals surface area contributed by atoms with Gasteiger partial charge in [-0.15, -0.1) is 10.2 Å². The van der Waals surface area contributed by atoms with E-state index in [-0.39, 0.29) is 30.1 Å². The molecular weight excluding hydrogens is 289 g/mol. The molecule has 0 radical (unpaired) electrons. The molecule has 1 heterocycles. The minimum atomic E-state index is -4.23. The van der Waals surface area contributed by atoms with Crippen LogP contribution in [0.15, 0.2) is 4.42 Å². The van der Waals surface area contributed by atoms with E-state index in [4.69, 9.17) is 9.15 Å². The van der Waals surface area contributed by atoms with Crippen molar-refractivity contribution in [2.75, 3.05) is 7.11 Å². The van der Waals surface area contributed by atoms with Crippen LogP contribution >= 0.6 is 0 Å². The van der Waals surface area contributed by atoms with Gasteiger partial charge in [0.1, 0.15) is 0 Å². The zero-order chi connectivity index (χ0) is 15.5. The van der Waals surface area contributed by atoms with Crippen LogP contribution in [0, 0.1) is 5.92 Å². The first kappa shape index (κ1) is 15.8. The lowest BCUT2D eigenvalue weighted by Gasteiger charge is -2.24. The van der Waals surface area contributed by atoms with E-state index in [9.17, 15) is 18.0 Å². The number of methoxy groups -OCH3 is 1. The SMILES string of the molecule is COC(=O)[C@H]1CC[C@H](c2nnc(CCC(F)(F)F)o2)CC1. The number of hydrogen-bond donors (Lipinski definition) is 0. The number of halogens is 3. The van der Waals surface area contributed by atoms with Crippen molar-refractivity contribution in [3.8, 4) is 0 Å². The molecule has 5 nitrogen and oxygen atoms in total. The average Bonchev–Trinajstić information content (AvgIpc) is 2.93. The number of hydrogen-bond acceptors (Lipinski definition) is 5. The highest BCUT2D eigenvalue weighted by Gasteiger charge is 2.31. The summed E-state index contributed by atoms with van der Waals surface area (Å²) in [5, 5.41) is 7.49. The summed E-state index contributed by atoms with van der Waals surface area (Å²) >= 11 is 0. The van der Waals surface area contributed by atoms with E-state index in [2.05, 4.69) is 10.2 Å². The van der Waals surface area contributed by atoms with Gasteiger partial charge in [0.15, 0.2) is 0 Å². The van der Waals surface area contributed by atoms with Gasteiger partial charge >= 0.3 is 12.1 Å². The topological polar surface area (TPSA) is 65.2 Å². The Balaban J connectivity index is 1.87. The number of aryl methyl sites for hydroxylation is 1. The van der Waals surface area contributed by atoms with Gasteiger partial charge in [0.2, 0.25) is 11.8 Å². The zero-order valence-corrected chi connectivity index (χ0v) is 11.7. The molecule has 8 heteroatoms. The predicted octanol–water partition coefficient (Wildman–Crippen LogP) is 3.01. The van der Waals surface area contributed by atoms with E-state index < -0.39 is 12.6 Å². The van der Waals surface area contributed by atoms with Crippen LogP contribution in [0.1, 0.15) is 49.8 Å². The van der Waals surface area contributed by atoms with Crippen LogP contribution in [-0.2, 0) is 16.0 Å². The Morgan fingerprint density at radius 3 is 2.52 bits per heavy atom. The van der Waals surface area contributed by atoms with Crippen LogP contribution in [0.3, 0.4) is 0 Å². The monoisotopic (exact) mass is 306 g/mol.